The SMILES string of the molecule is C=C(O[Si](C)(C)C(C)(C)C)c1cc(S(=O)(=O)NCCCc2ccc(F)cc2)c(NC(=O)OC(C)(C)C)s1. The Bertz CT molecular complexity index is 1210. The summed E-state index contributed by atoms with van der Waals surface area (Å²) in [6.45, 7) is 19.8. The van der Waals surface area contributed by atoms with Gasteiger partial charge in [0.15, 0.2) is 0 Å². The van der Waals surface area contributed by atoms with Gasteiger partial charge in [-0.25, -0.2) is 22.3 Å². The van der Waals surface area contributed by atoms with E-state index in [-0.39, 0.29) is 27.3 Å². The van der Waals surface area contributed by atoms with Gasteiger partial charge in [0.25, 0.3) is 8.32 Å². The average Bonchev–Trinajstić information content (AvgIpc) is 3.15. The van der Waals surface area contributed by atoms with Crippen LogP contribution in [0.2, 0.25) is 18.1 Å². The summed E-state index contributed by atoms with van der Waals surface area (Å²) >= 11 is 1.07. The number of ether oxygens (including phenoxy) is 1. The van der Waals surface area contributed by atoms with Crippen molar-refractivity contribution in [3.8, 4) is 0 Å². The Morgan fingerprint density at radius 3 is 2.24 bits per heavy atom. The van der Waals surface area contributed by atoms with Crippen LogP contribution < -0.4 is 10.0 Å². The van der Waals surface area contributed by atoms with E-state index in [9.17, 15) is 17.6 Å². The fraction of sp³-hybridized carbons (Fsp3) is 0.500. The van der Waals surface area contributed by atoms with Crippen molar-refractivity contribution < 1.29 is 26.8 Å². The topological polar surface area (TPSA) is 93.7 Å². The number of hydrogen-bond acceptors (Lipinski definition) is 6. The zero-order valence-electron chi connectivity index (χ0n) is 23.0. The summed E-state index contributed by atoms with van der Waals surface area (Å²) in [4.78, 5) is 12.9. The highest BCUT2D eigenvalue weighted by atomic mass is 32.2. The first-order valence-electron chi connectivity index (χ1n) is 12.1. The smallest absolute Gasteiger partial charge is 0.412 e. The third kappa shape index (κ3) is 9.24. The van der Waals surface area contributed by atoms with Crippen molar-refractivity contribution in [2.45, 2.75) is 83.0 Å². The molecular weight excluding hydrogens is 532 g/mol. The molecule has 206 valence electrons. The van der Waals surface area contributed by atoms with Gasteiger partial charge in [0.2, 0.25) is 10.0 Å². The van der Waals surface area contributed by atoms with Crippen LogP contribution in [-0.4, -0.2) is 35.0 Å². The zero-order chi connectivity index (χ0) is 28.2. The van der Waals surface area contributed by atoms with E-state index >= 15 is 0 Å². The fourth-order valence-electron chi connectivity index (χ4n) is 2.93. The van der Waals surface area contributed by atoms with Crippen molar-refractivity contribution in [1.82, 2.24) is 4.72 Å². The summed E-state index contributed by atoms with van der Waals surface area (Å²) in [5.74, 6) is 0.0449. The van der Waals surface area contributed by atoms with Gasteiger partial charge >= 0.3 is 6.09 Å². The molecule has 0 fully saturated rings. The van der Waals surface area contributed by atoms with Crippen LogP contribution in [0.15, 0.2) is 41.8 Å². The highest BCUT2D eigenvalue weighted by molar-refractivity contribution is 7.89. The summed E-state index contributed by atoms with van der Waals surface area (Å²) in [6.07, 6.45) is 0.333. The molecule has 0 aliphatic heterocycles. The second-order valence-corrected chi connectivity index (χ2v) is 18.9. The summed E-state index contributed by atoms with van der Waals surface area (Å²) in [5, 5.41) is 2.62. The fourth-order valence-corrected chi connectivity index (χ4v) is 6.55. The molecule has 7 nitrogen and oxygen atoms in total. The first-order chi connectivity index (χ1) is 16.8. The Labute approximate surface area is 225 Å². The number of sulfonamides is 1. The molecule has 0 aliphatic carbocycles. The molecule has 37 heavy (non-hydrogen) atoms. The minimum atomic E-state index is -3.98. The number of amides is 1. The summed E-state index contributed by atoms with van der Waals surface area (Å²) < 4.78 is 53.8. The van der Waals surface area contributed by atoms with Crippen molar-refractivity contribution in [2.24, 2.45) is 0 Å². The Kier molecular flexibility index (Phi) is 9.78. The zero-order valence-corrected chi connectivity index (χ0v) is 25.6. The lowest BCUT2D eigenvalue weighted by atomic mass is 10.1. The van der Waals surface area contributed by atoms with E-state index in [1.165, 1.54) is 18.2 Å². The number of thiophene rings is 1. The van der Waals surface area contributed by atoms with E-state index in [1.54, 1.807) is 32.9 Å². The van der Waals surface area contributed by atoms with Gasteiger partial charge < -0.3 is 9.16 Å². The molecule has 11 heteroatoms. The van der Waals surface area contributed by atoms with Crippen molar-refractivity contribution in [3.63, 3.8) is 0 Å². The third-order valence-corrected chi connectivity index (χ3v) is 13.0. The first-order valence-corrected chi connectivity index (χ1v) is 17.3. The Morgan fingerprint density at radius 2 is 1.70 bits per heavy atom. The van der Waals surface area contributed by atoms with Crippen molar-refractivity contribution in [1.29, 1.82) is 0 Å². The molecule has 1 aromatic heterocycles. The molecule has 0 radical (unpaired) electrons. The predicted octanol–water partition coefficient (Wildman–Crippen LogP) is 7.14. The summed E-state index contributed by atoms with van der Waals surface area (Å²) in [5.41, 5.74) is 0.154. The van der Waals surface area contributed by atoms with Crippen LogP contribution >= 0.6 is 11.3 Å². The van der Waals surface area contributed by atoms with Gasteiger partial charge in [-0.05, 0) is 75.5 Å². The van der Waals surface area contributed by atoms with Gasteiger partial charge in [0, 0.05) is 6.54 Å². The average molecular weight is 571 g/mol. The monoisotopic (exact) mass is 570 g/mol. The van der Waals surface area contributed by atoms with Gasteiger partial charge in [-0.2, -0.15) is 0 Å². The number of carbonyl (C=O) groups excluding carboxylic acids is 1. The van der Waals surface area contributed by atoms with E-state index in [0.29, 0.717) is 23.5 Å². The molecule has 0 saturated heterocycles. The van der Waals surface area contributed by atoms with Crippen LogP contribution in [0, 0.1) is 5.82 Å². The minimum absolute atomic E-state index is 0.0776. The Hall–Kier alpha value is -2.21. The van der Waals surface area contributed by atoms with Crippen LogP contribution in [0.3, 0.4) is 0 Å². The molecule has 2 aromatic rings. The lowest BCUT2D eigenvalue weighted by Crippen LogP contribution is -2.39. The second-order valence-electron chi connectivity index (χ2n) is 11.3. The summed E-state index contributed by atoms with van der Waals surface area (Å²) in [6, 6.07) is 7.56. The highest BCUT2D eigenvalue weighted by Gasteiger charge is 2.39. The van der Waals surface area contributed by atoms with Gasteiger partial charge in [0.1, 0.15) is 27.1 Å². The number of benzene rings is 1. The van der Waals surface area contributed by atoms with E-state index < -0.39 is 30.0 Å². The largest absolute Gasteiger partial charge is 0.543 e. The van der Waals surface area contributed by atoms with Crippen molar-refractivity contribution in [2.75, 3.05) is 11.9 Å². The molecule has 0 spiro atoms. The summed E-state index contributed by atoms with van der Waals surface area (Å²) in [7, 11) is -6.21. The minimum Gasteiger partial charge on any atom is -0.543 e. The van der Waals surface area contributed by atoms with E-state index in [2.05, 4.69) is 50.5 Å². The third-order valence-electron chi connectivity index (χ3n) is 5.91. The number of carbonyl (C=O) groups is 1. The maximum absolute atomic E-state index is 13.2. The highest BCUT2D eigenvalue weighted by Crippen LogP contribution is 2.42. The molecule has 2 rings (SSSR count). The molecule has 1 amide bonds. The van der Waals surface area contributed by atoms with Crippen LogP contribution in [-0.2, 0) is 25.6 Å². The van der Waals surface area contributed by atoms with Gasteiger partial charge in [-0.15, -0.1) is 11.3 Å². The predicted molar refractivity (Wildman–Crippen MR) is 151 cm³/mol. The maximum Gasteiger partial charge on any atom is 0.412 e. The maximum atomic E-state index is 13.2. The molecular formula is C26H39FN2O5S2Si. The second kappa shape index (κ2) is 11.7. The van der Waals surface area contributed by atoms with Gasteiger partial charge in [-0.3, -0.25) is 5.32 Å². The van der Waals surface area contributed by atoms with Crippen LogP contribution in [0.5, 0.6) is 0 Å². The Balaban J connectivity index is 2.25. The van der Waals surface area contributed by atoms with Gasteiger partial charge in [-0.1, -0.05) is 39.5 Å². The number of rotatable bonds is 10. The van der Waals surface area contributed by atoms with E-state index in [1.807, 2.05) is 0 Å². The lowest BCUT2D eigenvalue weighted by molar-refractivity contribution is 0.0636. The van der Waals surface area contributed by atoms with E-state index in [4.69, 9.17) is 9.16 Å². The lowest BCUT2D eigenvalue weighted by Gasteiger charge is -2.36. The standard InChI is InChI=1S/C26H39FN2O5S2Si/c1-18(34-37(8,9)26(5,6)7)21-17-22(23(35-21)29-24(30)33-25(2,3)4)36(31,32)28-16-10-11-19-12-14-20(27)15-13-19/h12-15,17,28H,1,10-11,16H2,2-9H3,(H,29,30). The number of aryl methyl sites for hydroxylation is 1. The number of nitrogens with one attached hydrogen (secondary N) is 2. The number of hydrogen-bond donors (Lipinski definition) is 2. The van der Waals surface area contributed by atoms with Crippen LogP contribution in [0.1, 0.15) is 58.4 Å². The number of anilines is 1. The van der Waals surface area contributed by atoms with Crippen molar-refractivity contribution in [3.05, 3.63) is 53.2 Å². The molecule has 0 bridgehead atoms. The molecule has 2 N–H and O–H groups in total. The quantitative estimate of drug-likeness (QED) is 0.180. The van der Waals surface area contributed by atoms with Gasteiger partial charge in [0.05, 0.1) is 4.88 Å². The molecule has 0 saturated carbocycles. The Morgan fingerprint density at radius 1 is 1.11 bits per heavy atom. The van der Waals surface area contributed by atoms with Crippen molar-refractivity contribution >= 4 is 46.5 Å². The molecule has 0 unspecified atom stereocenters. The van der Waals surface area contributed by atoms with E-state index in [0.717, 1.165) is 16.9 Å². The number of halogens is 1. The first kappa shape index (κ1) is 31.0. The van der Waals surface area contributed by atoms with Crippen LogP contribution in [0.25, 0.3) is 5.76 Å². The van der Waals surface area contributed by atoms with Crippen LogP contribution in [0.4, 0.5) is 14.2 Å². The molecule has 0 aliphatic rings. The molecule has 0 atom stereocenters. The molecule has 1 aromatic carbocycles. The normalized spacial score (nSPS) is 12.8. The molecule has 1 heterocycles.